The molecule has 4 rings (SSSR count). The summed E-state index contributed by atoms with van der Waals surface area (Å²) in [4.78, 5) is 0. The average Bonchev–Trinajstić information content (AvgIpc) is 3.34. The van der Waals surface area contributed by atoms with E-state index in [1.165, 1.54) is 25.7 Å². The first-order valence-electron chi connectivity index (χ1n) is 7.07. The van der Waals surface area contributed by atoms with Gasteiger partial charge in [-0.3, -0.25) is 0 Å². The van der Waals surface area contributed by atoms with E-state index in [2.05, 4.69) is 15.5 Å². The maximum atomic E-state index is 5.98. The molecule has 0 atom stereocenters. The maximum Gasteiger partial charge on any atom is 0.182 e. The minimum absolute atomic E-state index is 0.455. The van der Waals surface area contributed by atoms with E-state index in [9.17, 15) is 0 Å². The fourth-order valence-electron chi connectivity index (χ4n) is 2.93. The molecule has 0 spiro atoms. The molecule has 1 aromatic carbocycles. The van der Waals surface area contributed by atoms with Crippen LogP contribution in [0.3, 0.4) is 0 Å². The second kappa shape index (κ2) is 4.45. The number of hydrogen-bond acceptors (Lipinski definition) is 4. The largest absolute Gasteiger partial charge is 0.398 e. The number of nitrogens with zero attached hydrogens (tertiary/aromatic N) is 4. The number of aromatic nitrogens is 4. The van der Waals surface area contributed by atoms with Crippen LogP contribution in [0.15, 0.2) is 18.2 Å². The second-order valence-corrected chi connectivity index (χ2v) is 6.26. The van der Waals surface area contributed by atoms with Crippen LogP contribution in [0, 0.1) is 11.8 Å². The molecule has 2 aromatic rings. The van der Waals surface area contributed by atoms with Gasteiger partial charge in [-0.05, 0) is 66.1 Å². The quantitative estimate of drug-likeness (QED) is 0.879. The first-order valence-corrected chi connectivity index (χ1v) is 7.45. The van der Waals surface area contributed by atoms with E-state index in [-0.39, 0.29) is 0 Å². The number of benzene rings is 1. The van der Waals surface area contributed by atoms with Gasteiger partial charge in [-0.1, -0.05) is 11.6 Å². The fourth-order valence-corrected chi connectivity index (χ4v) is 3.04. The Morgan fingerprint density at radius 3 is 2.50 bits per heavy atom. The van der Waals surface area contributed by atoms with Crippen molar-refractivity contribution in [2.45, 2.75) is 31.7 Å². The summed E-state index contributed by atoms with van der Waals surface area (Å²) in [6, 6.07) is 6.03. The molecule has 2 fully saturated rings. The Labute approximate surface area is 122 Å². The summed E-state index contributed by atoms with van der Waals surface area (Å²) in [7, 11) is 0. The number of halogens is 1. The average molecular weight is 290 g/mol. The molecule has 0 radical (unpaired) electrons. The van der Waals surface area contributed by atoms with Crippen molar-refractivity contribution < 1.29 is 0 Å². The van der Waals surface area contributed by atoms with Gasteiger partial charge in [0.1, 0.15) is 0 Å². The number of nitrogen functional groups attached to an aromatic ring is 1. The third-order valence-electron chi connectivity index (χ3n) is 4.24. The maximum absolute atomic E-state index is 5.98. The fraction of sp³-hybridized carbons (Fsp3) is 0.500. The Balaban J connectivity index is 1.75. The lowest BCUT2D eigenvalue weighted by Crippen LogP contribution is -2.16. The molecule has 2 aliphatic rings. The summed E-state index contributed by atoms with van der Waals surface area (Å²) < 4.78 is 2.01. The van der Waals surface area contributed by atoms with Gasteiger partial charge in [0.15, 0.2) is 5.82 Å². The predicted octanol–water partition coefficient (Wildman–Crippen LogP) is 2.94. The Hall–Kier alpha value is -1.62. The van der Waals surface area contributed by atoms with Gasteiger partial charge in [-0.2, -0.15) is 0 Å². The van der Waals surface area contributed by atoms with Crippen LogP contribution in [0.5, 0.6) is 0 Å². The van der Waals surface area contributed by atoms with Crippen molar-refractivity contribution in [3.8, 4) is 11.4 Å². The van der Waals surface area contributed by atoms with Gasteiger partial charge in [-0.25, -0.2) is 4.68 Å². The first-order chi connectivity index (χ1) is 9.74. The van der Waals surface area contributed by atoms with Crippen molar-refractivity contribution >= 4 is 17.3 Å². The molecular formula is C14H16ClN5. The lowest BCUT2D eigenvalue weighted by molar-refractivity contribution is 0.357. The minimum Gasteiger partial charge on any atom is -0.398 e. The second-order valence-electron chi connectivity index (χ2n) is 5.85. The van der Waals surface area contributed by atoms with Crippen molar-refractivity contribution in [3.05, 3.63) is 23.2 Å². The molecular weight excluding hydrogens is 274 g/mol. The van der Waals surface area contributed by atoms with Gasteiger partial charge in [0, 0.05) is 5.56 Å². The highest BCUT2D eigenvalue weighted by molar-refractivity contribution is 6.33. The highest BCUT2D eigenvalue weighted by Crippen LogP contribution is 2.52. The zero-order valence-electron chi connectivity index (χ0n) is 11.0. The van der Waals surface area contributed by atoms with E-state index >= 15 is 0 Å². The monoisotopic (exact) mass is 289 g/mol. The van der Waals surface area contributed by atoms with E-state index in [1.54, 1.807) is 6.07 Å². The molecule has 5 nitrogen and oxygen atoms in total. The number of tetrazole rings is 1. The van der Waals surface area contributed by atoms with Crippen LogP contribution in [0.4, 0.5) is 5.69 Å². The predicted molar refractivity (Wildman–Crippen MR) is 77.2 cm³/mol. The molecule has 20 heavy (non-hydrogen) atoms. The molecule has 0 saturated heterocycles. The summed E-state index contributed by atoms with van der Waals surface area (Å²) in [5.41, 5.74) is 7.38. The number of nitrogens with two attached hydrogens (primary N) is 1. The third kappa shape index (κ3) is 2.06. The van der Waals surface area contributed by atoms with Crippen molar-refractivity contribution in [1.82, 2.24) is 20.2 Å². The molecule has 2 aliphatic carbocycles. The zero-order chi connectivity index (χ0) is 13.7. The molecule has 0 bridgehead atoms. The first kappa shape index (κ1) is 12.1. The standard InChI is InChI=1S/C14H16ClN5/c15-11-6-5-10(7-12(11)16)14-17-18-19-20(14)13(8-1-2-8)9-3-4-9/h5-9,13H,1-4,16H2. The highest BCUT2D eigenvalue weighted by atomic mass is 35.5. The lowest BCUT2D eigenvalue weighted by atomic mass is 10.1. The summed E-state index contributed by atoms with van der Waals surface area (Å²) in [5, 5.41) is 12.9. The van der Waals surface area contributed by atoms with Crippen LogP contribution in [-0.2, 0) is 0 Å². The minimum atomic E-state index is 0.455. The van der Waals surface area contributed by atoms with Crippen LogP contribution in [0.2, 0.25) is 5.02 Å². The topological polar surface area (TPSA) is 69.6 Å². The molecule has 2 saturated carbocycles. The van der Waals surface area contributed by atoms with E-state index in [0.29, 0.717) is 16.8 Å². The molecule has 0 unspecified atom stereocenters. The van der Waals surface area contributed by atoms with Gasteiger partial charge in [0.25, 0.3) is 0 Å². The molecule has 1 aromatic heterocycles. The van der Waals surface area contributed by atoms with Gasteiger partial charge >= 0.3 is 0 Å². The van der Waals surface area contributed by atoms with Crippen molar-refractivity contribution in [2.24, 2.45) is 11.8 Å². The number of rotatable bonds is 4. The Morgan fingerprint density at radius 1 is 1.20 bits per heavy atom. The van der Waals surface area contributed by atoms with E-state index in [1.807, 2.05) is 16.8 Å². The summed E-state index contributed by atoms with van der Waals surface area (Å²) in [6.45, 7) is 0. The van der Waals surface area contributed by atoms with Gasteiger partial charge < -0.3 is 5.73 Å². The van der Waals surface area contributed by atoms with Crippen LogP contribution >= 0.6 is 11.6 Å². The van der Waals surface area contributed by atoms with Crippen LogP contribution < -0.4 is 5.73 Å². The zero-order valence-corrected chi connectivity index (χ0v) is 11.8. The summed E-state index contributed by atoms with van der Waals surface area (Å²) in [6.07, 6.45) is 5.18. The van der Waals surface area contributed by atoms with Crippen LogP contribution in [0.1, 0.15) is 31.7 Å². The Morgan fingerprint density at radius 2 is 1.90 bits per heavy atom. The number of hydrogen-bond donors (Lipinski definition) is 1. The van der Waals surface area contributed by atoms with Gasteiger partial charge in [0.2, 0.25) is 0 Å². The smallest absolute Gasteiger partial charge is 0.182 e. The van der Waals surface area contributed by atoms with Crippen molar-refractivity contribution in [1.29, 1.82) is 0 Å². The molecule has 0 aliphatic heterocycles. The van der Waals surface area contributed by atoms with E-state index in [4.69, 9.17) is 17.3 Å². The Bertz CT molecular complexity index is 633. The van der Waals surface area contributed by atoms with Crippen molar-refractivity contribution in [2.75, 3.05) is 5.73 Å². The highest BCUT2D eigenvalue weighted by Gasteiger charge is 2.44. The van der Waals surface area contributed by atoms with Crippen molar-refractivity contribution in [3.63, 3.8) is 0 Å². The van der Waals surface area contributed by atoms with Gasteiger partial charge in [-0.15, -0.1) is 5.10 Å². The van der Waals surface area contributed by atoms with Crippen LogP contribution in [0.25, 0.3) is 11.4 Å². The Kier molecular flexibility index (Phi) is 2.70. The third-order valence-corrected chi connectivity index (χ3v) is 4.58. The molecule has 6 heteroatoms. The molecule has 2 N–H and O–H groups in total. The summed E-state index contributed by atoms with van der Waals surface area (Å²) in [5.74, 6) is 2.29. The van der Waals surface area contributed by atoms with Gasteiger partial charge in [0.05, 0.1) is 16.8 Å². The van der Waals surface area contributed by atoms with E-state index < -0.39 is 0 Å². The van der Waals surface area contributed by atoms with Crippen LogP contribution in [-0.4, -0.2) is 20.2 Å². The molecule has 104 valence electrons. The van der Waals surface area contributed by atoms with E-state index in [0.717, 1.165) is 23.2 Å². The number of anilines is 1. The summed E-state index contributed by atoms with van der Waals surface area (Å²) >= 11 is 5.98. The SMILES string of the molecule is Nc1cc(-c2nnnn2C(C2CC2)C2CC2)ccc1Cl. The lowest BCUT2D eigenvalue weighted by Gasteiger charge is -2.17. The molecule has 1 heterocycles. The molecule has 0 amide bonds. The normalized spacial score (nSPS) is 18.7.